The maximum atomic E-state index is 9.36. The largest absolute Gasteiger partial charge is 0.392 e. The number of aliphatic hydroxyl groups excluding tert-OH is 1. The van der Waals surface area contributed by atoms with Crippen LogP contribution in [0.15, 0.2) is 34.9 Å². The monoisotopic (exact) mass is 292 g/mol. The zero-order chi connectivity index (χ0) is 11.8. The highest BCUT2D eigenvalue weighted by Gasteiger charge is 2.30. The predicted molar refractivity (Wildman–Crippen MR) is 69.2 cm³/mol. The smallest absolute Gasteiger partial charge is 0.0791 e. The van der Waals surface area contributed by atoms with Gasteiger partial charge in [0, 0.05) is 16.0 Å². The highest BCUT2D eigenvalue weighted by molar-refractivity contribution is 9.10. The zero-order valence-corrected chi connectivity index (χ0v) is 10.9. The van der Waals surface area contributed by atoms with Gasteiger partial charge in [0.25, 0.3) is 0 Å². The molecule has 1 aliphatic rings. The summed E-state index contributed by atoms with van der Waals surface area (Å²) >= 11 is 3.54. The SMILES string of the molecule is OCc1cnn(-c2ccccc2Br)c1C1CC1. The lowest BCUT2D eigenvalue weighted by Gasteiger charge is -2.09. The van der Waals surface area contributed by atoms with Crippen LogP contribution in [0.2, 0.25) is 0 Å². The van der Waals surface area contributed by atoms with Gasteiger partial charge in [-0.05, 0) is 40.9 Å². The number of rotatable bonds is 3. The maximum Gasteiger partial charge on any atom is 0.0791 e. The van der Waals surface area contributed by atoms with Crippen LogP contribution >= 0.6 is 15.9 Å². The minimum absolute atomic E-state index is 0.0658. The van der Waals surface area contributed by atoms with Gasteiger partial charge < -0.3 is 5.11 Å². The van der Waals surface area contributed by atoms with Crippen LogP contribution in [-0.2, 0) is 6.61 Å². The summed E-state index contributed by atoms with van der Waals surface area (Å²) < 4.78 is 2.97. The van der Waals surface area contributed by atoms with E-state index in [2.05, 4.69) is 21.0 Å². The minimum Gasteiger partial charge on any atom is -0.392 e. The Labute approximate surface area is 108 Å². The van der Waals surface area contributed by atoms with Crippen molar-refractivity contribution in [2.45, 2.75) is 25.4 Å². The molecule has 1 aromatic heterocycles. The van der Waals surface area contributed by atoms with E-state index in [1.807, 2.05) is 28.9 Å². The van der Waals surface area contributed by atoms with Crippen LogP contribution in [0.3, 0.4) is 0 Å². The Balaban J connectivity index is 2.14. The van der Waals surface area contributed by atoms with Crippen molar-refractivity contribution in [2.75, 3.05) is 0 Å². The number of hydrogen-bond acceptors (Lipinski definition) is 2. The standard InChI is InChI=1S/C13H13BrN2O/c14-11-3-1-2-4-12(11)16-13(9-5-6-9)10(8-17)7-15-16/h1-4,7,9,17H,5-6,8H2. The van der Waals surface area contributed by atoms with Gasteiger partial charge in [-0.3, -0.25) is 0 Å². The Morgan fingerprint density at radius 1 is 1.35 bits per heavy atom. The first kappa shape index (κ1) is 11.0. The summed E-state index contributed by atoms with van der Waals surface area (Å²) in [5.41, 5.74) is 3.15. The van der Waals surface area contributed by atoms with Crippen LogP contribution in [0.25, 0.3) is 5.69 Å². The van der Waals surface area contributed by atoms with Crippen molar-refractivity contribution in [1.29, 1.82) is 0 Å². The number of benzene rings is 1. The quantitative estimate of drug-likeness (QED) is 0.944. The van der Waals surface area contributed by atoms with Gasteiger partial charge >= 0.3 is 0 Å². The summed E-state index contributed by atoms with van der Waals surface area (Å²) in [6.45, 7) is 0.0658. The average Bonchev–Trinajstić information content (AvgIpc) is 3.10. The van der Waals surface area contributed by atoms with E-state index in [1.165, 1.54) is 18.5 Å². The molecule has 0 unspecified atom stereocenters. The first-order valence-corrected chi connectivity index (χ1v) is 6.53. The molecule has 3 nitrogen and oxygen atoms in total. The maximum absolute atomic E-state index is 9.36. The molecule has 88 valence electrons. The Hall–Kier alpha value is -1.13. The van der Waals surface area contributed by atoms with Gasteiger partial charge in [-0.1, -0.05) is 12.1 Å². The van der Waals surface area contributed by atoms with Crippen LogP contribution in [0.5, 0.6) is 0 Å². The Morgan fingerprint density at radius 3 is 2.76 bits per heavy atom. The Morgan fingerprint density at radius 2 is 2.12 bits per heavy atom. The molecule has 1 heterocycles. The third-order valence-corrected chi connectivity index (χ3v) is 3.77. The van der Waals surface area contributed by atoms with Gasteiger partial charge in [0.05, 0.1) is 24.2 Å². The van der Waals surface area contributed by atoms with Crippen LogP contribution < -0.4 is 0 Å². The lowest BCUT2D eigenvalue weighted by atomic mass is 10.2. The summed E-state index contributed by atoms with van der Waals surface area (Å²) in [7, 11) is 0. The molecule has 4 heteroatoms. The topological polar surface area (TPSA) is 38.1 Å². The number of hydrogen-bond donors (Lipinski definition) is 1. The third-order valence-electron chi connectivity index (χ3n) is 3.10. The number of nitrogens with zero attached hydrogens (tertiary/aromatic N) is 2. The van der Waals surface area contributed by atoms with Crippen LogP contribution in [0, 0.1) is 0 Å². The Kier molecular flexibility index (Phi) is 2.76. The van der Waals surface area contributed by atoms with Crippen molar-refractivity contribution in [2.24, 2.45) is 0 Å². The van der Waals surface area contributed by atoms with Gasteiger partial charge in [0.2, 0.25) is 0 Å². The van der Waals surface area contributed by atoms with E-state index in [1.54, 1.807) is 6.20 Å². The van der Waals surface area contributed by atoms with Crippen molar-refractivity contribution in [3.05, 3.63) is 46.2 Å². The van der Waals surface area contributed by atoms with Crippen LogP contribution in [-0.4, -0.2) is 14.9 Å². The van der Waals surface area contributed by atoms with Gasteiger partial charge in [-0.15, -0.1) is 0 Å². The second-order valence-electron chi connectivity index (χ2n) is 4.35. The number of para-hydroxylation sites is 1. The molecule has 1 fully saturated rings. The van der Waals surface area contributed by atoms with Crippen molar-refractivity contribution in [3.63, 3.8) is 0 Å². The van der Waals surface area contributed by atoms with E-state index in [0.717, 1.165) is 15.7 Å². The Bertz CT molecular complexity index is 546. The summed E-state index contributed by atoms with van der Waals surface area (Å²) in [4.78, 5) is 0. The second kappa shape index (κ2) is 4.27. The second-order valence-corrected chi connectivity index (χ2v) is 5.20. The minimum atomic E-state index is 0.0658. The van der Waals surface area contributed by atoms with E-state index in [-0.39, 0.29) is 6.61 Å². The van der Waals surface area contributed by atoms with E-state index < -0.39 is 0 Å². The average molecular weight is 293 g/mol. The summed E-state index contributed by atoms with van der Waals surface area (Å²) in [6, 6.07) is 8.02. The van der Waals surface area contributed by atoms with E-state index in [9.17, 15) is 5.11 Å². The number of halogens is 1. The molecule has 0 bridgehead atoms. The highest BCUT2D eigenvalue weighted by atomic mass is 79.9. The summed E-state index contributed by atoms with van der Waals surface area (Å²) in [6.07, 6.45) is 4.17. The van der Waals surface area contributed by atoms with Crippen molar-refractivity contribution < 1.29 is 5.11 Å². The first-order chi connectivity index (χ1) is 8.31. The molecule has 0 atom stereocenters. The molecule has 0 radical (unpaired) electrons. The molecule has 1 N–H and O–H groups in total. The van der Waals surface area contributed by atoms with E-state index in [0.29, 0.717) is 5.92 Å². The van der Waals surface area contributed by atoms with Crippen molar-refractivity contribution in [1.82, 2.24) is 9.78 Å². The van der Waals surface area contributed by atoms with Gasteiger partial charge in [0.1, 0.15) is 0 Å². The molecule has 1 saturated carbocycles. The van der Waals surface area contributed by atoms with E-state index in [4.69, 9.17) is 0 Å². The first-order valence-electron chi connectivity index (χ1n) is 5.74. The molecule has 0 saturated heterocycles. The van der Waals surface area contributed by atoms with E-state index >= 15 is 0 Å². The molecule has 2 aromatic rings. The zero-order valence-electron chi connectivity index (χ0n) is 9.31. The van der Waals surface area contributed by atoms with Crippen LogP contribution in [0.1, 0.15) is 30.0 Å². The molecule has 1 aromatic carbocycles. The fraction of sp³-hybridized carbons (Fsp3) is 0.308. The lowest BCUT2D eigenvalue weighted by Crippen LogP contribution is -2.03. The molecule has 17 heavy (non-hydrogen) atoms. The van der Waals surface area contributed by atoms with Gasteiger partial charge in [-0.25, -0.2) is 4.68 Å². The van der Waals surface area contributed by atoms with Crippen molar-refractivity contribution >= 4 is 15.9 Å². The molecular formula is C13H13BrN2O. The summed E-state index contributed by atoms with van der Waals surface area (Å²) in [5.74, 6) is 0.562. The molecule has 0 aliphatic heterocycles. The fourth-order valence-electron chi connectivity index (χ4n) is 2.12. The summed E-state index contributed by atoms with van der Waals surface area (Å²) in [5, 5.41) is 13.8. The normalized spacial score (nSPS) is 15.2. The molecule has 0 spiro atoms. The third kappa shape index (κ3) is 1.91. The lowest BCUT2D eigenvalue weighted by molar-refractivity contribution is 0.280. The molecular weight excluding hydrogens is 280 g/mol. The van der Waals surface area contributed by atoms with Crippen LogP contribution in [0.4, 0.5) is 0 Å². The fourth-order valence-corrected chi connectivity index (χ4v) is 2.57. The highest BCUT2D eigenvalue weighted by Crippen LogP contribution is 2.43. The predicted octanol–water partition coefficient (Wildman–Crippen LogP) is 3.00. The van der Waals surface area contributed by atoms with Crippen molar-refractivity contribution in [3.8, 4) is 5.69 Å². The number of aliphatic hydroxyl groups is 1. The van der Waals surface area contributed by atoms with Gasteiger partial charge in [-0.2, -0.15) is 5.10 Å². The van der Waals surface area contributed by atoms with Gasteiger partial charge in [0.15, 0.2) is 0 Å². The molecule has 3 rings (SSSR count). The molecule has 0 amide bonds. The molecule has 1 aliphatic carbocycles. The number of aromatic nitrogens is 2.